The van der Waals surface area contributed by atoms with Crippen molar-refractivity contribution >= 4 is 39.9 Å². The molecule has 0 amide bonds. The smallest absolute Gasteiger partial charge is 0.265 e. The highest BCUT2D eigenvalue weighted by molar-refractivity contribution is 7.80. The van der Waals surface area contributed by atoms with Crippen molar-refractivity contribution in [2.24, 2.45) is 5.92 Å². The van der Waals surface area contributed by atoms with Gasteiger partial charge < -0.3 is 14.6 Å². The summed E-state index contributed by atoms with van der Waals surface area (Å²) in [5.41, 5.74) is 4.66. The molecule has 2 unspecified atom stereocenters. The lowest BCUT2D eigenvalue weighted by molar-refractivity contribution is 0.288. The zero-order valence-corrected chi connectivity index (χ0v) is 18.6. The quantitative estimate of drug-likeness (QED) is 0.436. The number of hydrogen-bond acceptors (Lipinski definition) is 2. The van der Waals surface area contributed by atoms with Crippen LogP contribution in [0.1, 0.15) is 30.6 Å². The number of fused-ring (bicyclic) bond motifs is 3. The number of benzene rings is 2. The van der Waals surface area contributed by atoms with Crippen LogP contribution in [-0.2, 0) is 6.42 Å². The Hall–Kier alpha value is -2.63. The largest absolute Gasteiger partial charge is 0.432 e. The van der Waals surface area contributed by atoms with Crippen molar-refractivity contribution in [2.45, 2.75) is 25.8 Å². The molecule has 0 spiro atoms. The number of nitrogens with zero attached hydrogens (tertiary/aromatic N) is 1. The molecule has 2 aliphatic rings. The molecule has 1 aliphatic carbocycles. The van der Waals surface area contributed by atoms with Gasteiger partial charge in [0, 0.05) is 28.2 Å². The number of hydrogen-bond donors (Lipinski definition) is 1. The number of ether oxygens (including phenoxy) is 1. The van der Waals surface area contributed by atoms with Crippen LogP contribution in [0.4, 0.5) is 4.39 Å². The summed E-state index contributed by atoms with van der Waals surface area (Å²) in [6.45, 7) is 2.93. The van der Waals surface area contributed by atoms with E-state index in [-0.39, 0.29) is 11.9 Å². The Morgan fingerprint density at radius 2 is 2.03 bits per heavy atom. The van der Waals surface area contributed by atoms with Crippen molar-refractivity contribution in [3.63, 3.8) is 0 Å². The van der Waals surface area contributed by atoms with Gasteiger partial charge in [-0.3, -0.25) is 0 Å². The van der Waals surface area contributed by atoms with E-state index in [1.807, 2.05) is 18.2 Å². The number of aromatic amines is 1. The van der Waals surface area contributed by atoms with Gasteiger partial charge in [0.2, 0.25) is 0 Å². The van der Waals surface area contributed by atoms with Gasteiger partial charge in [0.15, 0.2) is 0 Å². The first-order valence-electron chi connectivity index (χ1n) is 10.4. The first-order chi connectivity index (χ1) is 15.0. The summed E-state index contributed by atoms with van der Waals surface area (Å²) in [4.78, 5) is 5.73. The van der Waals surface area contributed by atoms with Gasteiger partial charge in [-0.2, -0.15) is 0 Å². The van der Waals surface area contributed by atoms with E-state index < -0.39 is 0 Å². The lowest BCUT2D eigenvalue weighted by Gasteiger charge is -2.38. The number of allylic oxidation sites excluding steroid dienone is 2. The number of nitrogens with one attached hydrogen (secondary N) is 1. The Morgan fingerprint density at radius 1 is 1.23 bits per heavy atom. The van der Waals surface area contributed by atoms with Crippen LogP contribution in [0.15, 0.2) is 66.3 Å². The van der Waals surface area contributed by atoms with Crippen LogP contribution < -0.4 is 4.74 Å². The van der Waals surface area contributed by atoms with Crippen molar-refractivity contribution < 1.29 is 9.13 Å². The number of rotatable bonds is 2. The predicted octanol–water partition coefficient (Wildman–Crippen LogP) is 6.75. The fraction of sp³-hybridized carbons (Fsp3) is 0.240. The van der Waals surface area contributed by atoms with Crippen LogP contribution in [0, 0.1) is 11.7 Å². The molecule has 0 bridgehead atoms. The monoisotopic (exact) mass is 452 g/mol. The fourth-order valence-electron chi connectivity index (χ4n) is 4.41. The summed E-state index contributed by atoms with van der Waals surface area (Å²) in [6.07, 6.45) is 8.54. The molecule has 0 radical (unpaired) electrons. The molecule has 2 aromatic carbocycles. The molecule has 31 heavy (non-hydrogen) atoms. The Labute approximate surface area is 191 Å². The molecule has 3 aromatic rings. The molecule has 0 saturated carbocycles. The Kier molecular flexibility index (Phi) is 5.32. The molecule has 2 atom stereocenters. The SMILES string of the molecule is CC1C=CC(C2c3[nH]c4ccc(Cl)cc4c3CCN2C(=S)Oc2ccc(F)cc2)=CC1. The van der Waals surface area contributed by atoms with Crippen LogP contribution in [0.5, 0.6) is 5.75 Å². The van der Waals surface area contributed by atoms with E-state index in [1.54, 1.807) is 12.1 Å². The van der Waals surface area contributed by atoms with Gasteiger partial charge in [-0.25, -0.2) is 4.39 Å². The lowest BCUT2D eigenvalue weighted by Crippen LogP contribution is -2.42. The highest BCUT2D eigenvalue weighted by Gasteiger charge is 2.35. The minimum absolute atomic E-state index is 0.0772. The van der Waals surface area contributed by atoms with E-state index in [9.17, 15) is 4.39 Å². The highest BCUT2D eigenvalue weighted by Crippen LogP contribution is 2.41. The van der Waals surface area contributed by atoms with Gasteiger partial charge >= 0.3 is 0 Å². The molecule has 1 aliphatic heterocycles. The molecule has 0 saturated heterocycles. The average molecular weight is 453 g/mol. The first kappa shape index (κ1) is 20.3. The average Bonchev–Trinajstić information content (AvgIpc) is 3.13. The van der Waals surface area contributed by atoms with Crippen LogP contribution in [-0.4, -0.2) is 21.6 Å². The van der Waals surface area contributed by atoms with E-state index in [4.69, 9.17) is 28.6 Å². The maximum Gasteiger partial charge on any atom is 0.265 e. The third-order valence-electron chi connectivity index (χ3n) is 6.00. The molecule has 158 valence electrons. The van der Waals surface area contributed by atoms with E-state index in [0.29, 0.717) is 16.8 Å². The van der Waals surface area contributed by atoms with Crippen molar-refractivity contribution in [3.8, 4) is 5.75 Å². The Balaban J connectivity index is 1.55. The van der Waals surface area contributed by atoms with Crippen molar-refractivity contribution in [1.29, 1.82) is 0 Å². The molecule has 3 nitrogen and oxygen atoms in total. The van der Waals surface area contributed by atoms with Crippen LogP contribution >= 0.6 is 23.8 Å². The second kappa shape index (κ2) is 8.13. The number of H-pyrrole nitrogens is 1. The number of aromatic nitrogens is 1. The van der Waals surface area contributed by atoms with Gasteiger partial charge in [-0.05, 0) is 84.6 Å². The van der Waals surface area contributed by atoms with Crippen LogP contribution in [0.25, 0.3) is 10.9 Å². The van der Waals surface area contributed by atoms with Gasteiger partial charge in [-0.15, -0.1) is 0 Å². The highest BCUT2D eigenvalue weighted by atomic mass is 35.5. The van der Waals surface area contributed by atoms with Crippen molar-refractivity contribution in [2.75, 3.05) is 6.54 Å². The summed E-state index contributed by atoms with van der Waals surface area (Å²) >= 11 is 12.0. The third-order valence-corrected chi connectivity index (χ3v) is 6.55. The summed E-state index contributed by atoms with van der Waals surface area (Å²) in [7, 11) is 0. The molecule has 5 rings (SSSR count). The van der Waals surface area contributed by atoms with Crippen molar-refractivity contribution in [3.05, 3.63) is 88.4 Å². The topological polar surface area (TPSA) is 28.3 Å². The van der Waals surface area contributed by atoms with E-state index >= 15 is 0 Å². The first-order valence-corrected chi connectivity index (χ1v) is 11.2. The Bertz CT molecular complexity index is 1210. The summed E-state index contributed by atoms with van der Waals surface area (Å²) < 4.78 is 19.2. The van der Waals surface area contributed by atoms with Gasteiger partial charge in [0.1, 0.15) is 11.6 Å². The molecule has 1 aromatic heterocycles. The predicted molar refractivity (Wildman–Crippen MR) is 127 cm³/mol. The zero-order valence-electron chi connectivity index (χ0n) is 17.1. The molecular weight excluding hydrogens is 431 g/mol. The number of halogens is 2. The normalized spacial score (nSPS) is 20.5. The third kappa shape index (κ3) is 3.88. The van der Waals surface area contributed by atoms with Crippen LogP contribution in [0.2, 0.25) is 5.02 Å². The fourth-order valence-corrected chi connectivity index (χ4v) is 4.88. The maximum absolute atomic E-state index is 13.3. The number of thiocarbonyl (C=S) groups is 1. The lowest BCUT2D eigenvalue weighted by atomic mass is 9.88. The summed E-state index contributed by atoms with van der Waals surface area (Å²) in [5, 5.41) is 2.27. The van der Waals surface area contributed by atoms with E-state index in [0.717, 1.165) is 41.0 Å². The summed E-state index contributed by atoms with van der Waals surface area (Å²) in [5.74, 6) is 0.743. The minimum Gasteiger partial charge on any atom is -0.432 e. The molecule has 2 heterocycles. The second-order valence-corrected chi connectivity index (χ2v) is 8.94. The standard InChI is InChI=1S/C25H22ClFN2OS/c1-15-2-4-16(5-3-15)24-23-20(21-14-17(26)6-11-22(21)28-23)12-13-29(24)25(31)30-19-9-7-18(27)8-10-19/h2,4-11,14-15,24,28H,3,12-13H2,1H3. The van der Waals surface area contributed by atoms with Crippen molar-refractivity contribution in [1.82, 2.24) is 9.88 Å². The van der Waals surface area contributed by atoms with Gasteiger partial charge in [-0.1, -0.05) is 36.8 Å². The van der Waals surface area contributed by atoms with Crippen LogP contribution in [0.3, 0.4) is 0 Å². The second-order valence-electron chi connectivity index (χ2n) is 8.15. The molecule has 0 fully saturated rings. The zero-order chi connectivity index (χ0) is 21.5. The Morgan fingerprint density at radius 3 is 2.77 bits per heavy atom. The molecule has 1 N–H and O–H groups in total. The van der Waals surface area contributed by atoms with Gasteiger partial charge in [0.25, 0.3) is 5.17 Å². The minimum atomic E-state index is -0.304. The maximum atomic E-state index is 13.3. The summed E-state index contributed by atoms with van der Waals surface area (Å²) in [6, 6.07) is 11.8. The molecule has 6 heteroatoms. The van der Waals surface area contributed by atoms with E-state index in [1.165, 1.54) is 23.3 Å². The van der Waals surface area contributed by atoms with E-state index in [2.05, 4.69) is 35.0 Å². The molecular formula is C25H22ClFN2OS. The van der Waals surface area contributed by atoms with Gasteiger partial charge in [0.05, 0.1) is 6.04 Å².